The molecule has 1 fully saturated rings. The smallest absolute Gasteiger partial charge is 0.225 e. The minimum absolute atomic E-state index is 0.0706. The Morgan fingerprint density at radius 2 is 2.08 bits per heavy atom. The van der Waals surface area contributed by atoms with Crippen LogP contribution in [0.5, 0.6) is 0 Å². The molecular weight excluding hydrogens is 154 g/mol. The van der Waals surface area contributed by atoms with Crippen molar-refractivity contribution < 1.29 is 9.90 Å². The fourth-order valence-electron chi connectivity index (χ4n) is 1.53. The number of rotatable bonds is 0. The van der Waals surface area contributed by atoms with Crippen molar-refractivity contribution in [1.82, 2.24) is 4.90 Å². The van der Waals surface area contributed by atoms with Crippen LogP contribution in [0.2, 0.25) is 0 Å². The number of aliphatic hydroxyl groups excluding tert-OH is 1. The van der Waals surface area contributed by atoms with Crippen molar-refractivity contribution in [3.05, 3.63) is 0 Å². The minimum atomic E-state index is -0.420. The van der Waals surface area contributed by atoms with Crippen LogP contribution >= 0.6 is 0 Å². The largest absolute Gasteiger partial charge is 0.393 e. The number of nitrogens with zero attached hydrogens (tertiary/aromatic N) is 1. The topological polar surface area (TPSA) is 40.5 Å². The zero-order valence-corrected chi connectivity index (χ0v) is 8.00. The second kappa shape index (κ2) is 3.05. The number of aliphatic hydroxyl groups is 1. The molecule has 0 aliphatic carbocycles. The maximum absolute atomic E-state index is 11.4. The van der Waals surface area contributed by atoms with Crippen molar-refractivity contribution in [1.29, 1.82) is 0 Å². The summed E-state index contributed by atoms with van der Waals surface area (Å²) >= 11 is 0. The van der Waals surface area contributed by atoms with Crippen LogP contribution in [0.4, 0.5) is 0 Å². The van der Waals surface area contributed by atoms with Crippen molar-refractivity contribution in [2.45, 2.75) is 45.3 Å². The molecule has 1 unspecified atom stereocenters. The monoisotopic (exact) mass is 171 g/mol. The second-order valence-corrected chi connectivity index (χ2v) is 4.36. The third-order valence-corrected chi connectivity index (χ3v) is 2.21. The molecule has 0 radical (unpaired) electrons. The molecule has 1 rings (SSSR count). The Balaban J connectivity index is 2.63. The number of carbonyl (C=O) groups is 1. The molecule has 1 N–H and O–H groups in total. The van der Waals surface area contributed by atoms with Gasteiger partial charge in [-0.2, -0.15) is 0 Å². The number of amides is 1. The lowest BCUT2D eigenvalue weighted by molar-refractivity contribution is -0.142. The summed E-state index contributed by atoms with van der Waals surface area (Å²) in [6.45, 7) is 6.73. The highest BCUT2D eigenvalue weighted by Crippen LogP contribution is 2.20. The van der Waals surface area contributed by atoms with Gasteiger partial charge in [-0.15, -0.1) is 0 Å². The minimum Gasteiger partial charge on any atom is -0.393 e. The Hall–Kier alpha value is -0.570. The Kier molecular flexibility index (Phi) is 2.42. The highest BCUT2D eigenvalue weighted by atomic mass is 16.3. The van der Waals surface area contributed by atoms with E-state index in [0.717, 1.165) is 0 Å². The first-order valence-electron chi connectivity index (χ1n) is 4.40. The van der Waals surface area contributed by atoms with Crippen LogP contribution in [0, 0.1) is 0 Å². The van der Waals surface area contributed by atoms with Crippen LogP contribution in [-0.4, -0.2) is 34.1 Å². The average molecular weight is 171 g/mol. The van der Waals surface area contributed by atoms with Gasteiger partial charge in [0.2, 0.25) is 5.91 Å². The summed E-state index contributed by atoms with van der Waals surface area (Å²) in [7, 11) is 0. The molecule has 0 aromatic rings. The fraction of sp³-hybridized carbons (Fsp3) is 0.889. The van der Waals surface area contributed by atoms with Gasteiger partial charge in [0.25, 0.3) is 0 Å². The first-order valence-corrected chi connectivity index (χ1v) is 4.40. The molecule has 1 heterocycles. The van der Waals surface area contributed by atoms with Gasteiger partial charge in [0.05, 0.1) is 12.5 Å². The maximum atomic E-state index is 11.4. The van der Waals surface area contributed by atoms with E-state index in [9.17, 15) is 9.90 Å². The van der Waals surface area contributed by atoms with Gasteiger partial charge in [-0.05, 0) is 27.2 Å². The van der Waals surface area contributed by atoms with Gasteiger partial charge in [-0.25, -0.2) is 0 Å². The van der Waals surface area contributed by atoms with E-state index in [0.29, 0.717) is 13.0 Å². The van der Waals surface area contributed by atoms with Crippen LogP contribution in [0.15, 0.2) is 0 Å². The summed E-state index contributed by atoms with van der Waals surface area (Å²) < 4.78 is 0. The lowest BCUT2D eigenvalue weighted by Crippen LogP contribution is -2.50. The summed E-state index contributed by atoms with van der Waals surface area (Å²) in [6, 6.07) is 0. The third kappa shape index (κ3) is 1.97. The Labute approximate surface area is 73.4 Å². The van der Waals surface area contributed by atoms with Gasteiger partial charge in [-0.1, -0.05) is 0 Å². The van der Waals surface area contributed by atoms with Gasteiger partial charge in [0.1, 0.15) is 0 Å². The van der Waals surface area contributed by atoms with Gasteiger partial charge in [-0.3, -0.25) is 4.79 Å². The molecule has 1 aliphatic heterocycles. The molecular formula is C9H17NO2. The molecule has 0 bridgehead atoms. The highest BCUT2D eigenvalue weighted by molar-refractivity contribution is 5.78. The van der Waals surface area contributed by atoms with Crippen molar-refractivity contribution in [3.63, 3.8) is 0 Å². The average Bonchev–Trinajstić information content (AvgIpc) is 1.83. The number of piperidine rings is 1. The summed E-state index contributed by atoms with van der Waals surface area (Å²) in [6.07, 6.45) is 0.580. The predicted octanol–water partition coefficient (Wildman–Crippen LogP) is 0.768. The molecule has 3 heteroatoms. The quantitative estimate of drug-likeness (QED) is 0.584. The number of hydrogen-bond acceptors (Lipinski definition) is 2. The Morgan fingerprint density at radius 3 is 2.50 bits per heavy atom. The first kappa shape index (κ1) is 9.52. The number of likely N-dealkylation sites (tertiary alicyclic amines) is 1. The molecule has 1 aliphatic rings. The molecule has 1 atom stereocenters. The van der Waals surface area contributed by atoms with Crippen molar-refractivity contribution >= 4 is 5.91 Å². The van der Waals surface area contributed by atoms with E-state index in [4.69, 9.17) is 0 Å². The van der Waals surface area contributed by atoms with Gasteiger partial charge >= 0.3 is 0 Å². The van der Waals surface area contributed by atoms with E-state index >= 15 is 0 Å². The number of hydrogen-bond donors (Lipinski definition) is 1. The Morgan fingerprint density at radius 1 is 1.50 bits per heavy atom. The molecule has 70 valence electrons. The Bertz CT molecular complexity index is 183. The SMILES string of the molecule is CC(C)(C)N1CCC(O)CC1=O. The van der Waals surface area contributed by atoms with Crippen LogP contribution in [0.3, 0.4) is 0 Å². The standard InChI is InChI=1S/C9H17NO2/c1-9(2,3)10-5-4-7(11)6-8(10)12/h7,11H,4-6H2,1-3H3. The highest BCUT2D eigenvalue weighted by Gasteiger charge is 2.31. The second-order valence-electron chi connectivity index (χ2n) is 4.36. The molecule has 1 amide bonds. The van der Waals surface area contributed by atoms with Crippen molar-refractivity contribution in [3.8, 4) is 0 Å². The number of carbonyl (C=O) groups excluding carboxylic acids is 1. The van der Waals surface area contributed by atoms with E-state index < -0.39 is 6.10 Å². The summed E-state index contributed by atoms with van der Waals surface area (Å²) in [5, 5.41) is 9.22. The van der Waals surface area contributed by atoms with E-state index in [-0.39, 0.29) is 17.9 Å². The molecule has 0 saturated carbocycles. The van der Waals surface area contributed by atoms with Crippen LogP contribution in [0.25, 0.3) is 0 Å². The lowest BCUT2D eigenvalue weighted by Gasteiger charge is -2.39. The van der Waals surface area contributed by atoms with E-state index in [2.05, 4.69) is 0 Å². The van der Waals surface area contributed by atoms with Gasteiger partial charge < -0.3 is 10.0 Å². The zero-order chi connectivity index (χ0) is 9.35. The van der Waals surface area contributed by atoms with E-state index in [1.807, 2.05) is 25.7 Å². The maximum Gasteiger partial charge on any atom is 0.225 e. The van der Waals surface area contributed by atoms with Gasteiger partial charge in [0.15, 0.2) is 0 Å². The van der Waals surface area contributed by atoms with Crippen LogP contribution in [-0.2, 0) is 4.79 Å². The molecule has 1 saturated heterocycles. The first-order chi connectivity index (χ1) is 5.41. The third-order valence-electron chi connectivity index (χ3n) is 2.21. The normalized spacial score (nSPS) is 26.2. The summed E-state index contributed by atoms with van der Waals surface area (Å²) in [5.41, 5.74) is -0.1000. The molecule has 0 spiro atoms. The van der Waals surface area contributed by atoms with E-state index in [1.165, 1.54) is 0 Å². The lowest BCUT2D eigenvalue weighted by atomic mass is 9.99. The summed E-state index contributed by atoms with van der Waals surface area (Å²) in [4.78, 5) is 13.3. The predicted molar refractivity (Wildman–Crippen MR) is 46.7 cm³/mol. The summed E-state index contributed by atoms with van der Waals surface area (Å²) in [5.74, 6) is 0.0706. The molecule has 0 aromatic carbocycles. The molecule has 12 heavy (non-hydrogen) atoms. The van der Waals surface area contributed by atoms with Crippen LogP contribution in [0.1, 0.15) is 33.6 Å². The van der Waals surface area contributed by atoms with E-state index in [1.54, 1.807) is 0 Å². The van der Waals surface area contributed by atoms with Gasteiger partial charge in [0, 0.05) is 12.1 Å². The molecule has 3 nitrogen and oxygen atoms in total. The van der Waals surface area contributed by atoms with Crippen molar-refractivity contribution in [2.75, 3.05) is 6.54 Å². The fourth-order valence-corrected chi connectivity index (χ4v) is 1.53. The van der Waals surface area contributed by atoms with Crippen molar-refractivity contribution in [2.24, 2.45) is 0 Å². The molecule has 0 aromatic heterocycles. The zero-order valence-electron chi connectivity index (χ0n) is 8.00. The van der Waals surface area contributed by atoms with Crippen LogP contribution < -0.4 is 0 Å².